The molecule has 1 aromatic rings. The maximum absolute atomic E-state index is 13.8. The molecule has 1 N–H and O–H groups in total. The van der Waals surface area contributed by atoms with Crippen LogP contribution in [0.4, 0.5) is 14.5 Å². The molecule has 106 valence electrons. The van der Waals surface area contributed by atoms with Crippen LogP contribution in [0.1, 0.15) is 24.2 Å². The number of amides is 1. The predicted octanol–water partition coefficient (Wildman–Crippen LogP) is 1.60. The van der Waals surface area contributed by atoms with Crippen molar-refractivity contribution in [3.05, 3.63) is 29.3 Å². The van der Waals surface area contributed by atoms with Crippen LogP contribution in [0.25, 0.3) is 0 Å². The van der Waals surface area contributed by atoms with Crippen LogP contribution in [0.15, 0.2) is 12.1 Å². The maximum atomic E-state index is 13.8. The first-order chi connectivity index (χ1) is 9.15. The van der Waals surface area contributed by atoms with E-state index in [0.717, 1.165) is 11.0 Å². The quantitative estimate of drug-likeness (QED) is 0.855. The van der Waals surface area contributed by atoms with E-state index in [1.165, 1.54) is 13.8 Å². The number of carboxylic acids is 1. The highest BCUT2D eigenvalue weighted by molar-refractivity contribution is 6.52. The molecule has 0 radical (unpaired) electrons. The van der Waals surface area contributed by atoms with E-state index >= 15 is 0 Å². The standard InChI is InChI=1S/C13H11F2NO4/c1-13(2,12(19)20)5-16-9-7(10(17)11(16)18)3-6(14)4-8(9)15/h3-4H,5H2,1-2H3,(H,19,20). The van der Waals surface area contributed by atoms with E-state index in [1.807, 2.05) is 0 Å². The van der Waals surface area contributed by atoms with Gasteiger partial charge in [-0.15, -0.1) is 0 Å². The van der Waals surface area contributed by atoms with Gasteiger partial charge in [-0.3, -0.25) is 14.4 Å². The smallest absolute Gasteiger partial charge is 0.310 e. The zero-order valence-corrected chi connectivity index (χ0v) is 10.7. The summed E-state index contributed by atoms with van der Waals surface area (Å²) in [5.74, 6) is -5.34. The number of nitrogens with zero attached hydrogens (tertiary/aromatic N) is 1. The minimum absolute atomic E-state index is 0.365. The molecule has 1 heterocycles. The first kappa shape index (κ1) is 14.1. The van der Waals surface area contributed by atoms with Gasteiger partial charge in [-0.25, -0.2) is 8.78 Å². The molecule has 0 saturated heterocycles. The zero-order valence-electron chi connectivity index (χ0n) is 10.7. The van der Waals surface area contributed by atoms with Crippen molar-refractivity contribution in [2.75, 3.05) is 11.4 Å². The van der Waals surface area contributed by atoms with E-state index in [-0.39, 0.29) is 17.8 Å². The van der Waals surface area contributed by atoms with Gasteiger partial charge in [-0.05, 0) is 19.9 Å². The molecule has 7 heteroatoms. The Labute approximate surface area is 112 Å². The number of carboxylic acid groups (broad SMARTS) is 1. The number of hydrogen-bond acceptors (Lipinski definition) is 3. The highest BCUT2D eigenvalue weighted by atomic mass is 19.1. The fraction of sp³-hybridized carbons (Fsp3) is 0.308. The Hall–Kier alpha value is -2.31. The molecule has 1 amide bonds. The van der Waals surface area contributed by atoms with Crippen LogP contribution in [0, 0.1) is 17.0 Å². The molecular formula is C13H11F2NO4. The third-order valence-electron chi connectivity index (χ3n) is 3.11. The minimum atomic E-state index is -1.38. The summed E-state index contributed by atoms with van der Waals surface area (Å²) in [6, 6.07) is 1.32. The minimum Gasteiger partial charge on any atom is -0.481 e. The highest BCUT2D eigenvalue weighted by Crippen LogP contribution is 2.34. The number of rotatable bonds is 3. The van der Waals surface area contributed by atoms with E-state index in [0.29, 0.717) is 6.07 Å². The lowest BCUT2D eigenvalue weighted by Gasteiger charge is -2.26. The summed E-state index contributed by atoms with van der Waals surface area (Å²) in [5.41, 5.74) is -2.12. The SMILES string of the molecule is CC(C)(CN1C(=O)C(=O)c2cc(F)cc(F)c21)C(=O)O. The van der Waals surface area contributed by atoms with Crippen LogP contribution in [-0.2, 0) is 9.59 Å². The lowest BCUT2D eigenvalue weighted by molar-refractivity contribution is -0.146. The Balaban J connectivity index is 2.51. The Bertz CT molecular complexity index is 640. The van der Waals surface area contributed by atoms with Gasteiger partial charge in [0.05, 0.1) is 16.7 Å². The van der Waals surface area contributed by atoms with Crippen LogP contribution in [0.2, 0.25) is 0 Å². The average Bonchev–Trinajstić information content (AvgIpc) is 2.54. The molecule has 1 aliphatic heterocycles. The van der Waals surface area contributed by atoms with E-state index in [2.05, 4.69) is 0 Å². The Morgan fingerprint density at radius 2 is 1.90 bits per heavy atom. The molecule has 5 nitrogen and oxygen atoms in total. The number of carbonyl (C=O) groups is 3. The molecule has 1 aromatic carbocycles. The fourth-order valence-electron chi connectivity index (χ4n) is 1.97. The molecular weight excluding hydrogens is 272 g/mol. The summed E-state index contributed by atoms with van der Waals surface area (Å²) in [6.07, 6.45) is 0. The summed E-state index contributed by atoms with van der Waals surface area (Å²) >= 11 is 0. The first-order valence-corrected chi connectivity index (χ1v) is 5.74. The van der Waals surface area contributed by atoms with Crippen molar-refractivity contribution in [2.24, 2.45) is 5.41 Å². The van der Waals surface area contributed by atoms with Crippen molar-refractivity contribution in [3.8, 4) is 0 Å². The number of fused-ring (bicyclic) bond motifs is 1. The van der Waals surface area contributed by atoms with E-state index in [1.54, 1.807) is 0 Å². The Kier molecular flexibility index (Phi) is 3.08. The fourth-order valence-corrected chi connectivity index (χ4v) is 1.97. The number of ketones is 1. The van der Waals surface area contributed by atoms with Crippen LogP contribution < -0.4 is 4.90 Å². The van der Waals surface area contributed by atoms with Gasteiger partial charge in [-0.1, -0.05) is 0 Å². The van der Waals surface area contributed by atoms with Crippen molar-refractivity contribution in [2.45, 2.75) is 13.8 Å². The molecule has 20 heavy (non-hydrogen) atoms. The monoisotopic (exact) mass is 283 g/mol. The molecule has 2 rings (SSSR count). The summed E-state index contributed by atoms with van der Waals surface area (Å²) < 4.78 is 26.9. The number of halogens is 2. The van der Waals surface area contributed by atoms with Crippen molar-refractivity contribution in [1.82, 2.24) is 0 Å². The highest BCUT2D eigenvalue weighted by Gasteiger charge is 2.42. The summed E-state index contributed by atoms with van der Waals surface area (Å²) in [5, 5.41) is 9.04. The van der Waals surface area contributed by atoms with Gasteiger partial charge in [0.1, 0.15) is 5.82 Å². The average molecular weight is 283 g/mol. The number of anilines is 1. The number of aliphatic carboxylic acids is 1. The molecule has 0 aliphatic carbocycles. The van der Waals surface area contributed by atoms with Gasteiger partial charge < -0.3 is 10.0 Å². The van der Waals surface area contributed by atoms with Crippen LogP contribution >= 0.6 is 0 Å². The topological polar surface area (TPSA) is 74.7 Å². The molecule has 0 spiro atoms. The molecule has 0 saturated carbocycles. The lowest BCUT2D eigenvalue weighted by atomic mass is 9.93. The predicted molar refractivity (Wildman–Crippen MR) is 64.5 cm³/mol. The maximum Gasteiger partial charge on any atom is 0.310 e. The van der Waals surface area contributed by atoms with Gasteiger partial charge in [0.15, 0.2) is 5.82 Å². The third-order valence-corrected chi connectivity index (χ3v) is 3.11. The van der Waals surface area contributed by atoms with Gasteiger partial charge >= 0.3 is 5.97 Å². The largest absolute Gasteiger partial charge is 0.481 e. The summed E-state index contributed by atoms with van der Waals surface area (Å²) in [7, 11) is 0. The molecule has 0 bridgehead atoms. The molecule has 1 aliphatic rings. The van der Waals surface area contributed by atoms with Crippen LogP contribution in [-0.4, -0.2) is 29.3 Å². The van der Waals surface area contributed by atoms with Crippen molar-refractivity contribution >= 4 is 23.3 Å². The van der Waals surface area contributed by atoms with Gasteiger partial charge in [-0.2, -0.15) is 0 Å². The van der Waals surface area contributed by atoms with Crippen LogP contribution in [0.5, 0.6) is 0 Å². The lowest BCUT2D eigenvalue weighted by Crippen LogP contribution is -2.42. The van der Waals surface area contributed by atoms with Crippen LogP contribution in [0.3, 0.4) is 0 Å². The molecule has 0 fully saturated rings. The first-order valence-electron chi connectivity index (χ1n) is 5.74. The zero-order chi connectivity index (χ0) is 15.2. The van der Waals surface area contributed by atoms with Crippen molar-refractivity contribution in [3.63, 3.8) is 0 Å². The van der Waals surface area contributed by atoms with Gasteiger partial charge in [0, 0.05) is 12.6 Å². The second-order valence-electron chi connectivity index (χ2n) is 5.19. The Morgan fingerprint density at radius 1 is 1.30 bits per heavy atom. The van der Waals surface area contributed by atoms with E-state index < -0.39 is 34.7 Å². The third kappa shape index (κ3) is 2.04. The van der Waals surface area contributed by atoms with Crippen molar-refractivity contribution < 1.29 is 28.3 Å². The summed E-state index contributed by atoms with van der Waals surface area (Å²) in [4.78, 5) is 35.3. The normalized spacial score (nSPS) is 14.7. The number of carbonyl (C=O) groups excluding carboxylic acids is 2. The van der Waals surface area contributed by atoms with E-state index in [9.17, 15) is 23.2 Å². The number of Topliss-reactive ketones (excluding diaryl/α,β-unsaturated/α-hetero) is 1. The summed E-state index contributed by atoms with van der Waals surface area (Å²) in [6.45, 7) is 2.29. The van der Waals surface area contributed by atoms with Crippen molar-refractivity contribution in [1.29, 1.82) is 0 Å². The Morgan fingerprint density at radius 3 is 2.45 bits per heavy atom. The number of benzene rings is 1. The van der Waals surface area contributed by atoms with Gasteiger partial charge in [0.25, 0.3) is 11.7 Å². The van der Waals surface area contributed by atoms with Gasteiger partial charge in [0.2, 0.25) is 0 Å². The number of hydrogen-bond donors (Lipinski definition) is 1. The van der Waals surface area contributed by atoms with E-state index in [4.69, 9.17) is 5.11 Å². The second-order valence-corrected chi connectivity index (χ2v) is 5.19. The molecule has 0 unspecified atom stereocenters. The molecule has 0 aromatic heterocycles. The second kappa shape index (κ2) is 4.36. The molecule has 0 atom stereocenters.